The largest absolute Gasteiger partial charge is 0.371 e. The van der Waals surface area contributed by atoms with Crippen molar-refractivity contribution >= 4 is 5.91 Å². The van der Waals surface area contributed by atoms with E-state index in [1.807, 2.05) is 10.9 Å². The van der Waals surface area contributed by atoms with E-state index in [4.69, 9.17) is 9.47 Å². The van der Waals surface area contributed by atoms with Crippen LogP contribution in [0.15, 0.2) is 28.2 Å². The monoisotopic (exact) mass is 386 g/mol. The molecule has 0 aromatic carbocycles. The van der Waals surface area contributed by atoms with Gasteiger partial charge < -0.3 is 14.8 Å². The summed E-state index contributed by atoms with van der Waals surface area (Å²) in [6, 6.07) is -0.176. The van der Waals surface area contributed by atoms with Crippen molar-refractivity contribution in [2.45, 2.75) is 62.8 Å². The highest BCUT2D eigenvalue weighted by Crippen LogP contribution is 2.34. The number of azo groups is 1. The Labute approximate surface area is 163 Å². The van der Waals surface area contributed by atoms with Crippen molar-refractivity contribution in [2.24, 2.45) is 16.1 Å². The zero-order valence-corrected chi connectivity index (χ0v) is 15.9. The quantitative estimate of drug-likeness (QED) is 0.827. The molecule has 0 unspecified atom stereocenters. The highest BCUT2D eigenvalue weighted by molar-refractivity contribution is 5.94. The zero-order valence-electron chi connectivity index (χ0n) is 15.9. The molecule has 1 aromatic rings. The number of rotatable bonds is 5. The van der Waals surface area contributed by atoms with E-state index in [0.717, 1.165) is 18.0 Å². The Hall–Kier alpha value is -2.13. The van der Waals surface area contributed by atoms with Crippen molar-refractivity contribution in [1.29, 1.82) is 0 Å². The van der Waals surface area contributed by atoms with Gasteiger partial charge in [-0.3, -0.25) is 4.79 Å². The number of fused-ring (bicyclic) bond motifs is 1. The molecule has 1 aromatic heterocycles. The molecule has 28 heavy (non-hydrogen) atoms. The van der Waals surface area contributed by atoms with Crippen molar-refractivity contribution in [3.05, 3.63) is 23.7 Å². The standard InChI is InChI=1S/C19H26N6O3/c26-19(13-7-20-21-8-13)22-15-10-27-18-16(11-28-17(15)18)25-9-14(23-24-25)6-12-4-2-1-3-5-12/h7,9,12,15-18H,1-6,8,10-11H2,(H,22,26)/t15-,16-,17+,18+/m0/s1. The second kappa shape index (κ2) is 7.71. The topological polar surface area (TPSA) is 103 Å². The maximum Gasteiger partial charge on any atom is 0.251 e. The number of ether oxygens (including phenoxy) is 2. The molecule has 9 heteroatoms. The molecule has 2 saturated heterocycles. The Kier molecular flexibility index (Phi) is 4.94. The number of amides is 1. The fraction of sp³-hybridized carbons (Fsp3) is 0.737. The summed E-state index contributed by atoms with van der Waals surface area (Å²) >= 11 is 0. The summed E-state index contributed by atoms with van der Waals surface area (Å²) in [5.41, 5.74) is 1.63. The number of aromatic nitrogens is 3. The van der Waals surface area contributed by atoms with Crippen molar-refractivity contribution in [2.75, 3.05) is 19.8 Å². The molecular formula is C19H26N6O3. The molecule has 5 rings (SSSR count). The molecule has 4 atom stereocenters. The Morgan fingerprint density at radius 2 is 2.04 bits per heavy atom. The van der Waals surface area contributed by atoms with Crippen LogP contribution in [0.4, 0.5) is 0 Å². The molecule has 1 amide bonds. The van der Waals surface area contributed by atoms with Crippen LogP contribution < -0.4 is 5.32 Å². The molecular weight excluding hydrogens is 360 g/mol. The fourth-order valence-electron chi connectivity index (χ4n) is 4.75. The van der Waals surface area contributed by atoms with E-state index < -0.39 is 0 Å². The third kappa shape index (κ3) is 3.48. The van der Waals surface area contributed by atoms with Gasteiger partial charge in [0.2, 0.25) is 0 Å². The van der Waals surface area contributed by atoms with Crippen LogP contribution in [-0.4, -0.2) is 58.9 Å². The first-order chi connectivity index (χ1) is 13.8. The number of carbonyl (C=O) groups is 1. The van der Waals surface area contributed by atoms with Crippen LogP contribution in [-0.2, 0) is 20.7 Å². The lowest BCUT2D eigenvalue weighted by molar-refractivity contribution is -0.118. The van der Waals surface area contributed by atoms with E-state index in [2.05, 4.69) is 25.9 Å². The normalized spacial score (nSPS) is 32.5. The highest BCUT2D eigenvalue weighted by atomic mass is 16.6. The van der Waals surface area contributed by atoms with E-state index in [1.54, 1.807) is 0 Å². The zero-order chi connectivity index (χ0) is 18.9. The average Bonchev–Trinajstić information content (AvgIpc) is 3.49. The molecule has 4 aliphatic rings. The summed E-state index contributed by atoms with van der Waals surface area (Å²) in [6.45, 7) is 1.28. The van der Waals surface area contributed by atoms with Crippen LogP contribution >= 0.6 is 0 Å². The Morgan fingerprint density at radius 3 is 2.86 bits per heavy atom. The van der Waals surface area contributed by atoms with Crippen LogP contribution in [0.25, 0.3) is 0 Å². The van der Waals surface area contributed by atoms with Crippen LogP contribution in [0.2, 0.25) is 0 Å². The van der Waals surface area contributed by atoms with Gasteiger partial charge in [-0.1, -0.05) is 37.3 Å². The summed E-state index contributed by atoms with van der Waals surface area (Å²) in [7, 11) is 0. The lowest BCUT2D eigenvalue weighted by Gasteiger charge is -2.20. The molecule has 4 heterocycles. The molecule has 1 saturated carbocycles. The van der Waals surface area contributed by atoms with E-state index in [0.29, 0.717) is 25.3 Å². The summed E-state index contributed by atoms with van der Waals surface area (Å²) in [5, 5.41) is 19.3. The number of nitrogens with one attached hydrogen (secondary N) is 1. The van der Waals surface area contributed by atoms with Gasteiger partial charge in [0.1, 0.15) is 18.2 Å². The highest BCUT2D eigenvalue weighted by Gasteiger charge is 2.49. The number of nitrogens with zero attached hydrogens (tertiary/aromatic N) is 5. The predicted octanol–water partition coefficient (Wildman–Crippen LogP) is 1.57. The van der Waals surface area contributed by atoms with E-state index in [1.165, 1.54) is 38.3 Å². The summed E-state index contributed by atoms with van der Waals surface area (Å²) in [5.74, 6) is 0.582. The molecule has 150 valence electrons. The molecule has 9 nitrogen and oxygen atoms in total. The SMILES string of the molecule is O=C(N[C@H]1CO[C@H]2[C@@H]1OC[C@@H]2n1cc(CC2CCCCC2)nn1)C1=CN=NC1. The first-order valence-corrected chi connectivity index (χ1v) is 10.3. The van der Waals surface area contributed by atoms with Gasteiger partial charge in [-0.05, 0) is 12.3 Å². The molecule has 1 N–H and O–H groups in total. The first-order valence-electron chi connectivity index (χ1n) is 10.3. The van der Waals surface area contributed by atoms with Crippen molar-refractivity contribution < 1.29 is 14.3 Å². The molecule has 3 fully saturated rings. The van der Waals surface area contributed by atoms with Gasteiger partial charge in [0.05, 0.1) is 43.3 Å². The molecule has 1 aliphatic carbocycles. The summed E-state index contributed by atoms with van der Waals surface area (Å²) < 4.78 is 13.9. The summed E-state index contributed by atoms with van der Waals surface area (Å²) in [6.07, 6.45) is 10.9. The van der Waals surface area contributed by atoms with E-state index in [9.17, 15) is 4.79 Å². The maximum atomic E-state index is 12.3. The van der Waals surface area contributed by atoms with Gasteiger partial charge in [0, 0.05) is 6.20 Å². The van der Waals surface area contributed by atoms with E-state index >= 15 is 0 Å². The lowest BCUT2D eigenvalue weighted by Crippen LogP contribution is -2.44. The minimum Gasteiger partial charge on any atom is -0.371 e. The van der Waals surface area contributed by atoms with E-state index in [-0.39, 0.29) is 30.2 Å². The molecule has 3 aliphatic heterocycles. The Balaban J connectivity index is 1.20. The van der Waals surface area contributed by atoms with Crippen LogP contribution in [0.5, 0.6) is 0 Å². The second-order valence-corrected chi connectivity index (χ2v) is 8.21. The van der Waals surface area contributed by atoms with Gasteiger partial charge >= 0.3 is 0 Å². The smallest absolute Gasteiger partial charge is 0.251 e. The van der Waals surface area contributed by atoms with Gasteiger partial charge in [-0.2, -0.15) is 10.2 Å². The number of hydrogen-bond acceptors (Lipinski definition) is 7. The van der Waals surface area contributed by atoms with Crippen LogP contribution in [0.1, 0.15) is 43.8 Å². The molecule has 0 bridgehead atoms. The van der Waals surface area contributed by atoms with Crippen LogP contribution in [0.3, 0.4) is 0 Å². The minimum absolute atomic E-state index is 0.00444. The second-order valence-electron chi connectivity index (χ2n) is 8.21. The number of carbonyl (C=O) groups excluding carboxylic acids is 1. The van der Waals surface area contributed by atoms with Crippen molar-refractivity contribution in [3.8, 4) is 0 Å². The fourth-order valence-corrected chi connectivity index (χ4v) is 4.75. The summed E-state index contributed by atoms with van der Waals surface area (Å²) in [4.78, 5) is 12.3. The van der Waals surface area contributed by atoms with Crippen LogP contribution in [0, 0.1) is 5.92 Å². The van der Waals surface area contributed by atoms with Crippen molar-refractivity contribution in [1.82, 2.24) is 20.3 Å². The van der Waals surface area contributed by atoms with Gasteiger partial charge in [0.15, 0.2) is 0 Å². The Bertz CT molecular complexity index is 784. The molecule has 0 spiro atoms. The van der Waals surface area contributed by atoms with Gasteiger partial charge in [-0.25, -0.2) is 4.68 Å². The third-order valence-corrected chi connectivity index (χ3v) is 6.29. The Morgan fingerprint density at radius 1 is 1.18 bits per heavy atom. The first kappa shape index (κ1) is 17.9. The molecule has 0 radical (unpaired) electrons. The predicted molar refractivity (Wildman–Crippen MR) is 98.6 cm³/mol. The third-order valence-electron chi connectivity index (χ3n) is 6.29. The number of hydrogen-bond donors (Lipinski definition) is 1. The lowest BCUT2D eigenvalue weighted by atomic mass is 9.86. The van der Waals surface area contributed by atoms with Gasteiger partial charge in [0.25, 0.3) is 5.91 Å². The average molecular weight is 386 g/mol. The maximum absolute atomic E-state index is 12.3. The van der Waals surface area contributed by atoms with Gasteiger partial charge in [-0.15, -0.1) is 5.10 Å². The minimum atomic E-state index is -0.172. The van der Waals surface area contributed by atoms with Crippen molar-refractivity contribution in [3.63, 3.8) is 0 Å².